The van der Waals surface area contributed by atoms with E-state index < -0.39 is 25.1 Å². The van der Waals surface area contributed by atoms with E-state index in [2.05, 4.69) is 10.1 Å². The molecule has 0 fully saturated rings. The van der Waals surface area contributed by atoms with Gasteiger partial charge in [-0.3, -0.25) is 4.79 Å². The number of rotatable bonds is 7. The van der Waals surface area contributed by atoms with Crippen molar-refractivity contribution in [2.75, 3.05) is 11.9 Å². The molecule has 0 bridgehead atoms. The first-order valence-electron chi connectivity index (χ1n) is 6.76. The van der Waals surface area contributed by atoms with Crippen molar-refractivity contribution in [3.05, 3.63) is 54.5 Å². The van der Waals surface area contributed by atoms with Gasteiger partial charge in [-0.1, -0.05) is 0 Å². The number of ether oxygens (including phenoxy) is 2. The first-order valence-corrected chi connectivity index (χ1v) is 6.76. The number of benzene rings is 1. The van der Waals surface area contributed by atoms with Crippen LogP contribution in [0.4, 0.5) is 14.5 Å². The summed E-state index contributed by atoms with van der Waals surface area (Å²) in [5, 5.41) is 2.45. The Kier molecular flexibility index (Phi) is 6.07. The molecule has 1 aromatic carbocycles. The van der Waals surface area contributed by atoms with Crippen molar-refractivity contribution in [2.45, 2.75) is 6.61 Å². The number of furan rings is 1. The maximum atomic E-state index is 12.0. The van der Waals surface area contributed by atoms with Crippen LogP contribution < -0.4 is 10.1 Å². The number of esters is 1. The van der Waals surface area contributed by atoms with Crippen LogP contribution in [0.1, 0.15) is 5.76 Å². The van der Waals surface area contributed by atoms with Gasteiger partial charge in [0.25, 0.3) is 5.91 Å². The number of anilines is 1. The summed E-state index contributed by atoms with van der Waals surface area (Å²) in [5.41, 5.74) is 0.351. The summed E-state index contributed by atoms with van der Waals surface area (Å²) in [6, 6.07) is 8.64. The second kappa shape index (κ2) is 8.47. The highest BCUT2D eigenvalue weighted by Gasteiger charge is 2.07. The van der Waals surface area contributed by atoms with Gasteiger partial charge in [0.1, 0.15) is 11.5 Å². The third-order valence-corrected chi connectivity index (χ3v) is 2.64. The normalized spacial score (nSPS) is 10.8. The predicted molar refractivity (Wildman–Crippen MR) is 80.4 cm³/mol. The van der Waals surface area contributed by atoms with Crippen molar-refractivity contribution in [1.82, 2.24) is 0 Å². The van der Waals surface area contributed by atoms with Gasteiger partial charge >= 0.3 is 12.6 Å². The van der Waals surface area contributed by atoms with Crippen LogP contribution in [0.5, 0.6) is 5.75 Å². The molecule has 1 N–H and O–H groups in total. The van der Waals surface area contributed by atoms with Gasteiger partial charge in [0.15, 0.2) is 6.61 Å². The second-order valence-corrected chi connectivity index (χ2v) is 4.41. The molecule has 24 heavy (non-hydrogen) atoms. The number of carbonyl (C=O) groups is 2. The van der Waals surface area contributed by atoms with E-state index in [1.54, 1.807) is 12.1 Å². The molecule has 2 aromatic rings. The molecule has 6 nitrogen and oxygen atoms in total. The molecule has 0 aliphatic carbocycles. The molecule has 0 aliphatic heterocycles. The van der Waals surface area contributed by atoms with E-state index in [9.17, 15) is 18.4 Å². The van der Waals surface area contributed by atoms with Gasteiger partial charge in [-0.2, -0.15) is 8.78 Å². The van der Waals surface area contributed by atoms with Gasteiger partial charge in [0, 0.05) is 11.8 Å². The molecule has 126 valence electrons. The van der Waals surface area contributed by atoms with E-state index >= 15 is 0 Å². The molecular formula is C16H13F2NO5. The number of carbonyl (C=O) groups excluding carboxylic acids is 2. The Morgan fingerprint density at radius 3 is 2.58 bits per heavy atom. The number of nitrogens with one attached hydrogen (secondary N) is 1. The fraction of sp³-hybridized carbons (Fsp3) is 0.125. The highest BCUT2D eigenvalue weighted by atomic mass is 19.3. The van der Waals surface area contributed by atoms with Crippen molar-refractivity contribution in [1.29, 1.82) is 0 Å². The molecule has 0 atom stereocenters. The molecular weight excluding hydrogens is 324 g/mol. The zero-order chi connectivity index (χ0) is 17.4. The Morgan fingerprint density at radius 1 is 1.21 bits per heavy atom. The lowest BCUT2D eigenvalue weighted by atomic mass is 10.3. The Balaban J connectivity index is 1.75. The third-order valence-electron chi connectivity index (χ3n) is 2.64. The largest absolute Gasteiger partial charge is 0.465 e. The lowest BCUT2D eigenvalue weighted by molar-refractivity contribution is -0.142. The van der Waals surface area contributed by atoms with Crippen LogP contribution in [0.25, 0.3) is 6.08 Å². The fourth-order valence-corrected chi connectivity index (χ4v) is 1.64. The van der Waals surface area contributed by atoms with Crippen molar-refractivity contribution >= 4 is 23.6 Å². The number of amides is 1. The number of alkyl halides is 2. The quantitative estimate of drug-likeness (QED) is 0.620. The zero-order valence-corrected chi connectivity index (χ0v) is 12.3. The average molecular weight is 337 g/mol. The van der Waals surface area contributed by atoms with Crippen LogP contribution in [-0.4, -0.2) is 25.1 Å². The molecule has 0 aliphatic rings. The average Bonchev–Trinajstić information content (AvgIpc) is 3.06. The van der Waals surface area contributed by atoms with Crippen LogP contribution in [-0.2, 0) is 14.3 Å². The molecule has 1 aromatic heterocycles. The summed E-state index contributed by atoms with van der Waals surface area (Å²) in [7, 11) is 0. The van der Waals surface area contributed by atoms with Crippen LogP contribution in [0.15, 0.2) is 53.2 Å². The maximum Gasteiger partial charge on any atom is 0.387 e. The van der Waals surface area contributed by atoms with Gasteiger partial charge in [0.2, 0.25) is 0 Å². The number of hydrogen-bond donors (Lipinski definition) is 1. The molecule has 0 saturated carbocycles. The SMILES string of the molecule is O=C(COC(=O)/C=C/c1ccco1)Nc1ccc(OC(F)F)cc1. The molecule has 0 radical (unpaired) electrons. The van der Waals surface area contributed by atoms with Gasteiger partial charge in [-0.15, -0.1) is 0 Å². The van der Waals surface area contributed by atoms with E-state index in [1.165, 1.54) is 36.6 Å². The van der Waals surface area contributed by atoms with E-state index in [1.807, 2.05) is 0 Å². The fourth-order valence-electron chi connectivity index (χ4n) is 1.64. The summed E-state index contributed by atoms with van der Waals surface area (Å²) >= 11 is 0. The van der Waals surface area contributed by atoms with Crippen LogP contribution in [0.3, 0.4) is 0 Å². The van der Waals surface area contributed by atoms with E-state index in [0.29, 0.717) is 11.4 Å². The number of hydrogen-bond acceptors (Lipinski definition) is 5. The minimum Gasteiger partial charge on any atom is -0.465 e. The summed E-state index contributed by atoms with van der Waals surface area (Å²) < 4.78 is 37.9. The molecule has 8 heteroatoms. The molecule has 1 amide bonds. The van der Waals surface area contributed by atoms with Crippen molar-refractivity contribution < 1.29 is 32.3 Å². The molecule has 0 unspecified atom stereocenters. The summed E-state index contributed by atoms with van der Waals surface area (Å²) in [5.74, 6) is -0.834. The van der Waals surface area contributed by atoms with E-state index in [0.717, 1.165) is 6.08 Å². The van der Waals surface area contributed by atoms with Crippen molar-refractivity contribution in [3.8, 4) is 5.75 Å². The zero-order valence-electron chi connectivity index (χ0n) is 12.3. The van der Waals surface area contributed by atoms with E-state index in [-0.39, 0.29) is 5.75 Å². The number of halogens is 2. The van der Waals surface area contributed by atoms with Gasteiger partial charge < -0.3 is 19.2 Å². The van der Waals surface area contributed by atoms with Crippen LogP contribution in [0, 0.1) is 0 Å². The molecule has 1 heterocycles. The van der Waals surface area contributed by atoms with Crippen molar-refractivity contribution in [3.63, 3.8) is 0 Å². The minimum atomic E-state index is -2.92. The van der Waals surface area contributed by atoms with Crippen molar-refractivity contribution in [2.24, 2.45) is 0 Å². The summed E-state index contributed by atoms with van der Waals surface area (Å²) in [4.78, 5) is 23.1. The molecule has 2 rings (SSSR count). The van der Waals surface area contributed by atoms with Crippen LogP contribution >= 0.6 is 0 Å². The van der Waals surface area contributed by atoms with Crippen LogP contribution in [0.2, 0.25) is 0 Å². The Labute approximate surface area is 135 Å². The van der Waals surface area contributed by atoms with Gasteiger partial charge in [-0.05, 0) is 42.5 Å². The monoisotopic (exact) mass is 337 g/mol. The molecule has 0 spiro atoms. The first-order chi connectivity index (χ1) is 11.5. The summed E-state index contributed by atoms with van der Waals surface area (Å²) in [6.45, 7) is -3.41. The first kappa shape index (κ1) is 17.2. The topological polar surface area (TPSA) is 77.8 Å². The lowest BCUT2D eigenvalue weighted by Gasteiger charge is -2.07. The standard InChI is InChI=1S/C16H13F2NO5/c17-16(18)24-13-5-3-11(4-6-13)19-14(20)10-23-15(21)8-7-12-2-1-9-22-12/h1-9,16H,10H2,(H,19,20)/b8-7+. The second-order valence-electron chi connectivity index (χ2n) is 4.41. The Morgan fingerprint density at radius 2 is 1.96 bits per heavy atom. The highest BCUT2D eigenvalue weighted by molar-refractivity contribution is 5.94. The third kappa shape index (κ3) is 5.91. The maximum absolute atomic E-state index is 12.0. The smallest absolute Gasteiger partial charge is 0.387 e. The lowest BCUT2D eigenvalue weighted by Crippen LogP contribution is -2.20. The molecule has 0 saturated heterocycles. The highest BCUT2D eigenvalue weighted by Crippen LogP contribution is 2.17. The van der Waals surface area contributed by atoms with E-state index in [4.69, 9.17) is 9.15 Å². The predicted octanol–water partition coefficient (Wildman–Crippen LogP) is 3.08. The Hall–Kier alpha value is -3.16. The minimum absolute atomic E-state index is 0.0301. The Bertz CT molecular complexity index is 696. The summed E-state index contributed by atoms with van der Waals surface area (Å²) in [6.07, 6.45) is 3.99. The van der Waals surface area contributed by atoms with Gasteiger partial charge in [-0.25, -0.2) is 4.79 Å². The van der Waals surface area contributed by atoms with Gasteiger partial charge in [0.05, 0.1) is 6.26 Å².